The van der Waals surface area contributed by atoms with Crippen molar-refractivity contribution in [1.29, 1.82) is 0 Å². The highest BCUT2D eigenvalue weighted by atomic mass is 79.9. The number of halogens is 2. The van der Waals surface area contributed by atoms with Crippen molar-refractivity contribution in [1.82, 2.24) is 0 Å². The Morgan fingerprint density at radius 2 is 1.11 bits per heavy atom. The molecule has 0 radical (unpaired) electrons. The number of rotatable bonds is 11. The molecule has 0 aromatic heterocycles. The molecular weight excluding hydrogens is 864 g/mol. The SMILES string of the molecule is COC(=O)c1c2c(c3ccccc3c1OC(=O)c1cc(OC(=O)C(C)(C)Br)cc(OC(=O)C(C)(C)Br)c1)OC(c1ccc(OC)cc1)(c1ccc(OC)cc1)C=C2. The number of carbonyl (C=O) groups excluding carboxylic acids is 4. The third-order valence-electron chi connectivity index (χ3n) is 9.03. The van der Waals surface area contributed by atoms with Gasteiger partial charge in [-0.3, -0.25) is 9.59 Å². The molecule has 0 saturated heterocycles. The number of alkyl halides is 2. The van der Waals surface area contributed by atoms with Crippen LogP contribution in [-0.2, 0) is 19.9 Å². The topological polar surface area (TPSA) is 133 Å². The van der Waals surface area contributed by atoms with Gasteiger partial charge in [-0.2, -0.15) is 0 Å². The molecule has 0 unspecified atom stereocenters. The zero-order valence-corrected chi connectivity index (χ0v) is 35.2. The van der Waals surface area contributed by atoms with Gasteiger partial charge in [0.15, 0.2) is 11.4 Å². The molecule has 0 N–H and O–H groups in total. The van der Waals surface area contributed by atoms with E-state index >= 15 is 0 Å². The molecule has 1 heterocycles. The Hall–Kier alpha value is -5.66. The minimum Gasteiger partial charge on any atom is -0.497 e. The summed E-state index contributed by atoms with van der Waals surface area (Å²) in [5, 5.41) is 0.880. The van der Waals surface area contributed by atoms with Crippen molar-refractivity contribution < 1.29 is 52.3 Å². The second-order valence-electron chi connectivity index (χ2n) is 13.9. The van der Waals surface area contributed by atoms with Gasteiger partial charge in [0.05, 0.1) is 26.9 Å². The van der Waals surface area contributed by atoms with E-state index in [-0.39, 0.29) is 28.4 Å². The standard InChI is InChI=1S/C44H38Br2O11/c1-42(2,45)40(49)54-30-22-25(23-31(24-30)55-41(50)43(3,4)46)38(47)56-37-33-11-9-8-10-32(33)36-34(35(37)39(48)53-7)20-21-44(57-36,26-12-16-28(51-5)17-13-26)27-14-18-29(52-6)19-15-27/h8-24H,1-7H3. The number of esters is 4. The van der Waals surface area contributed by atoms with Gasteiger partial charge in [-0.15, -0.1) is 0 Å². The minimum atomic E-state index is -1.20. The smallest absolute Gasteiger partial charge is 0.343 e. The Kier molecular flexibility index (Phi) is 11.6. The Labute approximate surface area is 346 Å². The number of ether oxygens (including phenoxy) is 7. The summed E-state index contributed by atoms with van der Waals surface area (Å²) in [5.41, 5.74) is 0.406. The highest BCUT2D eigenvalue weighted by Gasteiger charge is 2.41. The second kappa shape index (κ2) is 16.1. The maximum absolute atomic E-state index is 14.2. The number of fused-ring (bicyclic) bond motifs is 3. The van der Waals surface area contributed by atoms with E-state index in [1.165, 1.54) is 25.3 Å². The molecule has 0 atom stereocenters. The van der Waals surface area contributed by atoms with Crippen molar-refractivity contribution >= 4 is 72.6 Å². The number of benzene rings is 5. The van der Waals surface area contributed by atoms with E-state index in [2.05, 4.69) is 31.9 Å². The van der Waals surface area contributed by atoms with E-state index in [1.807, 2.05) is 54.6 Å². The second-order valence-corrected chi connectivity index (χ2v) is 17.9. The van der Waals surface area contributed by atoms with Gasteiger partial charge in [-0.25, -0.2) is 9.59 Å². The molecule has 6 rings (SSSR count). The predicted octanol–water partition coefficient (Wildman–Crippen LogP) is 9.37. The van der Waals surface area contributed by atoms with Crippen LogP contribution >= 0.6 is 31.9 Å². The van der Waals surface area contributed by atoms with E-state index in [9.17, 15) is 19.2 Å². The Balaban J connectivity index is 1.51. The minimum absolute atomic E-state index is 0.0785. The summed E-state index contributed by atoms with van der Waals surface area (Å²) in [6.45, 7) is 6.36. The van der Waals surface area contributed by atoms with Crippen LogP contribution in [0, 0.1) is 0 Å². The van der Waals surface area contributed by atoms with Gasteiger partial charge in [0.2, 0.25) is 0 Å². The first kappa shape index (κ1) is 41.0. The largest absolute Gasteiger partial charge is 0.497 e. The van der Waals surface area contributed by atoms with Crippen LogP contribution in [0.5, 0.6) is 34.5 Å². The van der Waals surface area contributed by atoms with Gasteiger partial charge >= 0.3 is 23.9 Å². The van der Waals surface area contributed by atoms with Gasteiger partial charge in [-0.05, 0) is 76.2 Å². The lowest BCUT2D eigenvalue weighted by atomic mass is 9.82. The monoisotopic (exact) mass is 900 g/mol. The van der Waals surface area contributed by atoms with Crippen molar-refractivity contribution in [3.05, 3.63) is 125 Å². The Morgan fingerprint density at radius 1 is 0.614 bits per heavy atom. The molecule has 0 fully saturated rings. The van der Waals surface area contributed by atoms with Gasteiger partial charge in [-0.1, -0.05) is 80.4 Å². The van der Waals surface area contributed by atoms with Crippen LogP contribution in [0.15, 0.2) is 97.1 Å². The fourth-order valence-corrected chi connectivity index (χ4v) is 6.20. The van der Waals surface area contributed by atoms with Crippen LogP contribution in [0.3, 0.4) is 0 Å². The van der Waals surface area contributed by atoms with Crippen LogP contribution in [0.2, 0.25) is 0 Å². The zero-order valence-electron chi connectivity index (χ0n) is 32.1. The third-order valence-corrected chi connectivity index (χ3v) is 9.68. The maximum atomic E-state index is 14.2. The van der Waals surface area contributed by atoms with E-state index < -0.39 is 38.1 Å². The summed E-state index contributed by atoms with van der Waals surface area (Å²) in [6, 6.07) is 25.8. The Bertz CT molecular complexity index is 2310. The van der Waals surface area contributed by atoms with E-state index in [4.69, 9.17) is 33.2 Å². The first-order valence-corrected chi connectivity index (χ1v) is 19.1. The maximum Gasteiger partial charge on any atom is 0.343 e. The van der Waals surface area contributed by atoms with Crippen LogP contribution in [0.25, 0.3) is 16.8 Å². The first-order chi connectivity index (χ1) is 27.0. The van der Waals surface area contributed by atoms with Crippen molar-refractivity contribution in [2.24, 2.45) is 0 Å². The lowest BCUT2D eigenvalue weighted by Crippen LogP contribution is -2.34. The third kappa shape index (κ3) is 8.40. The lowest BCUT2D eigenvalue weighted by Gasteiger charge is -2.37. The molecular formula is C44H38Br2O11. The molecule has 1 aliphatic rings. The summed E-state index contributed by atoms with van der Waals surface area (Å²) in [6.07, 6.45) is 3.56. The van der Waals surface area contributed by atoms with Crippen LogP contribution in [0.1, 0.15) is 65.1 Å². The van der Waals surface area contributed by atoms with Crippen molar-refractivity contribution in [2.75, 3.05) is 21.3 Å². The van der Waals surface area contributed by atoms with Crippen molar-refractivity contribution in [2.45, 2.75) is 41.9 Å². The normalized spacial score (nSPS) is 13.1. The molecule has 0 spiro atoms. The van der Waals surface area contributed by atoms with E-state index in [1.54, 1.807) is 72.3 Å². The highest BCUT2D eigenvalue weighted by molar-refractivity contribution is 9.10. The molecule has 5 aromatic carbocycles. The number of hydrogen-bond acceptors (Lipinski definition) is 11. The molecule has 0 amide bonds. The van der Waals surface area contributed by atoms with Crippen LogP contribution in [0.4, 0.5) is 0 Å². The zero-order chi connectivity index (χ0) is 41.3. The van der Waals surface area contributed by atoms with Crippen LogP contribution < -0.4 is 28.4 Å². The average molecular weight is 903 g/mol. The summed E-state index contributed by atoms with van der Waals surface area (Å²) in [5.74, 6) is -1.76. The van der Waals surface area contributed by atoms with E-state index in [0.29, 0.717) is 33.6 Å². The predicted molar refractivity (Wildman–Crippen MR) is 220 cm³/mol. The van der Waals surface area contributed by atoms with Gasteiger partial charge < -0.3 is 33.2 Å². The molecule has 13 heteroatoms. The molecule has 0 aliphatic carbocycles. The summed E-state index contributed by atoms with van der Waals surface area (Å²) >= 11 is 6.55. The number of methoxy groups -OCH3 is 3. The van der Waals surface area contributed by atoms with Gasteiger partial charge in [0.1, 0.15) is 43.0 Å². The molecule has 57 heavy (non-hydrogen) atoms. The summed E-state index contributed by atoms with van der Waals surface area (Å²) in [4.78, 5) is 53.7. The fraction of sp³-hybridized carbons (Fsp3) is 0.227. The molecule has 11 nitrogen and oxygen atoms in total. The first-order valence-electron chi connectivity index (χ1n) is 17.5. The molecule has 1 aliphatic heterocycles. The number of carbonyl (C=O) groups is 4. The van der Waals surface area contributed by atoms with E-state index in [0.717, 1.165) is 11.1 Å². The molecule has 5 aromatic rings. The highest BCUT2D eigenvalue weighted by Crippen LogP contribution is 2.50. The van der Waals surface area contributed by atoms with Gasteiger partial charge in [0, 0.05) is 33.5 Å². The fourth-order valence-electron chi connectivity index (χ4n) is 6.04. The van der Waals surface area contributed by atoms with Crippen molar-refractivity contribution in [3.8, 4) is 34.5 Å². The number of hydrogen-bond donors (Lipinski definition) is 0. The quantitative estimate of drug-likeness (QED) is 0.0714. The average Bonchev–Trinajstić information content (AvgIpc) is 3.19. The summed E-state index contributed by atoms with van der Waals surface area (Å²) < 4.78 is 38.3. The summed E-state index contributed by atoms with van der Waals surface area (Å²) in [7, 11) is 4.39. The van der Waals surface area contributed by atoms with Gasteiger partial charge in [0.25, 0.3) is 0 Å². The Morgan fingerprint density at radius 3 is 1.56 bits per heavy atom. The van der Waals surface area contributed by atoms with Crippen LogP contribution in [-0.4, -0.2) is 53.9 Å². The van der Waals surface area contributed by atoms with Crippen molar-refractivity contribution in [3.63, 3.8) is 0 Å². The molecule has 0 saturated carbocycles. The lowest BCUT2D eigenvalue weighted by molar-refractivity contribution is -0.136. The molecule has 0 bridgehead atoms. The molecule has 294 valence electrons.